The van der Waals surface area contributed by atoms with E-state index in [9.17, 15) is 4.39 Å². The second kappa shape index (κ2) is 6.43. The molecule has 0 fully saturated rings. The summed E-state index contributed by atoms with van der Waals surface area (Å²) in [6.07, 6.45) is 3.95. The minimum atomic E-state index is -0.291. The van der Waals surface area contributed by atoms with Crippen LogP contribution in [-0.4, -0.2) is 12.0 Å². The normalized spacial score (nSPS) is 14.1. The average molecular weight is 258 g/mol. The molecule has 0 radical (unpaired) electrons. The molecule has 1 aromatic carbocycles. The first kappa shape index (κ1) is 13.7. The van der Waals surface area contributed by atoms with E-state index in [0.717, 1.165) is 12.0 Å². The highest BCUT2D eigenvalue weighted by Gasteiger charge is 2.22. The van der Waals surface area contributed by atoms with Gasteiger partial charge in [-0.2, -0.15) is 0 Å². The van der Waals surface area contributed by atoms with Gasteiger partial charge in [0.05, 0.1) is 6.20 Å². The molecule has 1 N–H and O–H groups in total. The lowest BCUT2D eigenvalue weighted by Crippen LogP contribution is -2.24. The van der Waals surface area contributed by atoms with Crippen LogP contribution >= 0.6 is 0 Å². The summed E-state index contributed by atoms with van der Waals surface area (Å²) in [5.41, 5.74) is 2.15. The Bertz CT molecular complexity index is 513. The molecule has 19 heavy (non-hydrogen) atoms. The van der Waals surface area contributed by atoms with Crippen molar-refractivity contribution < 1.29 is 4.39 Å². The Morgan fingerprint density at radius 1 is 1.16 bits per heavy atom. The first-order chi connectivity index (χ1) is 9.26. The number of nitrogens with one attached hydrogen (secondary N) is 1. The molecule has 2 unspecified atom stereocenters. The first-order valence-electron chi connectivity index (χ1n) is 6.59. The maximum absolute atomic E-state index is 13.3. The molecule has 2 atom stereocenters. The van der Waals surface area contributed by atoms with Gasteiger partial charge in [0.25, 0.3) is 0 Å². The molecule has 100 valence electrons. The van der Waals surface area contributed by atoms with Crippen LogP contribution in [0.1, 0.15) is 36.4 Å². The van der Waals surface area contributed by atoms with Crippen molar-refractivity contribution in [2.45, 2.75) is 25.3 Å². The summed E-state index contributed by atoms with van der Waals surface area (Å²) in [5.74, 6) is 0.00969. The van der Waals surface area contributed by atoms with Crippen LogP contribution in [0.5, 0.6) is 0 Å². The van der Waals surface area contributed by atoms with Crippen molar-refractivity contribution in [3.05, 3.63) is 65.7 Å². The maximum atomic E-state index is 13.3. The third kappa shape index (κ3) is 3.18. The van der Waals surface area contributed by atoms with Crippen LogP contribution in [0.2, 0.25) is 0 Å². The van der Waals surface area contributed by atoms with E-state index in [2.05, 4.69) is 29.4 Å². The molecule has 3 heteroatoms. The molecule has 1 aromatic heterocycles. The molecule has 0 saturated heterocycles. The second-order valence-corrected chi connectivity index (χ2v) is 4.63. The average Bonchev–Trinajstić information content (AvgIpc) is 2.45. The molecule has 0 aliphatic carbocycles. The number of hydrogen-bond acceptors (Lipinski definition) is 2. The SMILES string of the molecule is CCC(c1ccccc1)C(NC)c1cncc(F)c1. The molecule has 0 spiro atoms. The van der Waals surface area contributed by atoms with Crippen LogP contribution in [-0.2, 0) is 0 Å². The van der Waals surface area contributed by atoms with Crippen LogP contribution < -0.4 is 5.32 Å². The van der Waals surface area contributed by atoms with Crippen LogP contribution in [0.3, 0.4) is 0 Å². The molecule has 0 saturated carbocycles. The Hall–Kier alpha value is -1.74. The van der Waals surface area contributed by atoms with Gasteiger partial charge in [0.15, 0.2) is 0 Å². The Morgan fingerprint density at radius 2 is 1.89 bits per heavy atom. The van der Waals surface area contributed by atoms with Crippen LogP contribution in [0.4, 0.5) is 4.39 Å². The Balaban J connectivity index is 2.34. The van der Waals surface area contributed by atoms with Gasteiger partial charge in [-0.25, -0.2) is 4.39 Å². The third-order valence-electron chi connectivity index (χ3n) is 3.47. The van der Waals surface area contributed by atoms with Gasteiger partial charge in [0.2, 0.25) is 0 Å². The number of halogens is 1. The van der Waals surface area contributed by atoms with E-state index >= 15 is 0 Å². The van der Waals surface area contributed by atoms with Crippen LogP contribution in [0.25, 0.3) is 0 Å². The number of pyridine rings is 1. The fourth-order valence-corrected chi connectivity index (χ4v) is 2.56. The van der Waals surface area contributed by atoms with Crippen molar-refractivity contribution in [3.8, 4) is 0 Å². The maximum Gasteiger partial charge on any atom is 0.141 e. The molecule has 0 aliphatic heterocycles. The fourth-order valence-electron chi connectivity index (χ4n) is 2.56. The number of hydrogen-bond donors (Lipinski definition) is 1. The Kier molecular flexibility index (Phi) is 4.63. The standard InChI is InChI=1S/C16H19FN2/c1-3-15(12-7-5-4-6-8-12)16(18-2)13-9-14(17)11-19-10-13/h4-11,15-16,18H,3H2,1-2H3. The molecule has 2 aromatic rings. The number of nitrogens with zero attached hydrogens (tertiary/aromatic N) is 1. The van der Waals surface area contributed by atoms with Gasteiger partial charge in [-0.15, -0.1) is 0 Å². The molecular weight excluding hydrogens is 239 g/mol. The van der Waals surface area contributed by atoms with Gasteiger partial charge in [0.1, 0.15) is 5.82 Å². The fraction of sp³-hybridized carbons (Fsp3) is 0.312. The quantitative estimate of drug-likeness (QED) is 0.885. The minimum Gasteiger partial charge on any atom is -0.312 e. The van der Waals surface area contributed by atoms with E-state index in [0.29, 0.717) is 5.92 Å². The topological polar surface area (TPSA) is 24.9 Å². The van der Waals surface area contributed by atoms with Gasteiger partial charge >= 0.3 is 0 Å². The summed E-state index contributed by atoms with van der Waals surface area (Å²) < 4.78 is 13.3. The molecule has 2 nitrogen and oxygen atoms in total. The van der Waals surface area contributed by atoms with Gasteiger partial charge in [-0.1, -0.05) is 37.3 Å². The Labute approximate surface area is 113 Å². The van der Waals surface area contributed by atoms with Gasteiger partial charge in [-0.3, -0.25) is 4.98 Å². The molecule has 2 rings (SSSR count). The smallest absolute Gasteiger partial charge is 0.141 e. The molecular formula is C16H19FN2. The van der Waals surface area contributed by atoms with E-state index < -0.39 is 0 Å². The summed E-state index contributed by atoms with van der Waals surface area (Å²) in [4.78, 5) is 3.95. The van der Waals surface area contributed by atoms with Crippen molar-refractivity contribution in [2.75, 3.05) is 7.05 Å². The molecule has 0 bridgehead atoms. The predicted molar refractivity (Wildman–Crippen MR) is 75.5 cm³/mol. The number of rotatable bonds is 5. The van der Waals surface area contributed by atoms with E-state index in [1.807, 2.05) is 25.2 Å². The van der Waals surface area contributed by atoms with Gasteiger partial charge < -0.3 is 5.32 Å². The summed E-state index contributed by atoms with van der Waals surface area (Å²) in [7, 11) is 1.90. The van der Waals surface area contributed by atoms with E-state index in [-0.39, 0.29) is 11.9 Å². The molecule has 1 heterocycles. The van der Waals surface area contributed by atoms with E-state index in [1.165, 1.54) is 11.8 Å². The van der Waals surface area contributed by atoms with E-state index in [4.69, 9.17) is 0 Å². The summed E-state index contributed by atoms with van der Waals surface area (Å²) in [6.45, 7) is 2.15. The minimum absolute atomic E-state index is 0.0654. The van der Waals surface area contributed by atoms with Crippen molar-refractivity contribution in [1.82, 2.24) is 10.3 Å². The molecule has 0 aliphatic rings. The zero-order valence-electron chi connectivity index (χ0n) is 11.3. The number of aromatic nitrogens is 1. The summed E-state index contributed by atoms with van der Waals surface area (Å²) in [5, 5.41) is 3.29. The lowest BCUT2D eigenvalue weighted by Gasteiger charge is -2.26. The summed E-state index contributed by atoms with van der Waals surface area (Å²) >= 11 is 0. The number of likely N-dealkylation sites (N-methyl/N-ethyl adjacent to an activating group) is 1. The van der Waals surface area contributed by atoms with Crippen molar-refractivity contribution in [1.29, 1.82) is 0 Å². The highest BCUT2D eigenvalue weighted by molar-refractivity contribution is 5.26. The third-order valence-corrected chi connectivity index (χ3v) is 3.47. The lowest BCUT2D eigenvalue weighted by molar-refractivity contribution is 0.463. The number of benzene rings is 1. The zero-order valence-corrected chi connectivity index (χ0v) is 11.3. The highest BCUT2D eigenvalue weighted by Crippen LogP contribution is 2.33. The first-order valence-corrected chi connectivity index (χ1v) is 6.59. The van der Waals surface area contributed by atoms with Crippen molar-refractivity contribution >= 4 is 0 Å². The lowest BCUT2D eigenvalue weighted by atomic mass is 9.86. The van der Waals surface area contributed by atoms with Gasteiger partial charge in [0, 0.05) is 18.2 Å². The monoisotopic (exact) mass is 258 g/mol. The second-order valence-electron chi connectivity index (χ2n) is 4.63. The summed E-state index contributed by atoms with van der Waals surface area (Å²) in [6, 6.07) is 11.9. The highest BCUT2D eigenvalue weighted by atomic mass is 19.1. The largest absolute Gasteiger partial charge is 0.312 e. The van der Waals surface area contributed by atoms with Crippen molar-refractivity contribution in [2.24, 2.45) is 0 Å². The predicted octanol–water partition coefficient (Wildman–Crippen LogP) is 3.68. The Morgan fingerprint density at radius 3 is 2.47 bits per heavy atom. The van der Waals surface area contributed by atoms with Crippen LogP contribution in [0.15, 0.2) is 48.8 Å². The van der Waals surface area contributed by atoms with Crippen LogP contribution in [0, 0.1) is 5.82 Å². The molecule has 0 amide bonds. The zero-order chi connectivity index (χ0) is 13.7. The van der Waals surface area contributed by atoms with Crippen molar-refractivity contribution in [3.63, 3.8) is 0 Å². The van der Waals surface area contributed by atoms with E-state index in [1.54, 1.807) is 12.3 Å². The van der Waals surface area contributed by atoms with Gasteiger partial charge in [-0.05, 0) is 30.7 Å².